The second kappa shape index (κ2) is 9.88. The number of carboxylic acid groups (broad SMARTS) is 1. The zero-order chi connectivity index (χ0) is 23.3. The van der Waals surface area contributed by atoms with Crippen LogP contribution in [-0.2, 0) is 25.5 Å². The lowest BCUT2D eigenvalue weighted by atomic mass is 9.97. The molecule has 9 nitrogen and oxygen atoms in total. The Labute approximate surface area is 183 Å². The Morgan fingerprint density at radius 1 is 1.09 bits per heavy atom. The van der Waals surface area contributed by atoms with Crippen molar-refractivity contribution in [2.24, 2.45) is 0 Å². The topological polar surface area (TPSA) is 133 Å². The summed E-state index contributed by atoms with van der Waals surface area (Å²) < 4.78 is 4.78. The van der Waals surface area contributed by atoms with Crippen molar-refractivity contribution in [3.05, 3.63) is 76.5 Å². The Hall–Kier alpha value is -3.98. The van der Waals surface area contributed by atoms with E-state index in [1.165, 1.54) is 24.1 Å². The fourth-order valence-corrected chi connectivity index (χ4v) is 3.47. The molecule has 32 heavy (non-hydrogen) atoms. The maximum atomic E-state index is 13.2. The van der Waals surface area contributed by atoms with Crippen molar-refractivity contribution in [3.8, 4) is 0 Å². The van der Waals surface area contributed by atoms with Gasteiger partial charge in [-0.15, -0.1) is 0 Å². The minimum absolute atomic E-state index is 0.00289. The smallest absolute Gasteiger partial charge is 0.337 e. The molecule has 2 aromatic rings. The molecule has 1 aliphatic heterocycles. The van der Waals surface area contributed by atoms with Crippen molar-refractivity contribution in [3.63, 3.8) is 0 Å². The lowest BCUT2D eigenvalue weighted by Gasteiger charge is -2.18. The molecule has 2 aromatic carbocycles. The first kappa shape index (κ1) is 22.7. The van der Waals surface area contributed by atoms with E-state index in [1.807, 2.05) is 0 Å². The number of carbonyl (C=O) groups is 4. The van der Waals surface area contributed by atoms with Crippen molar-refractivity contribution < 1.29 is 34.1 Å². The average molecular weight is 438 g/mol. The van der Waals surface area contributed by atoms with Gasteiger partial charge in [0.25, 0.3) is 5.91 Å². The first-order valence-electron chi connectivity index (χ1n) is 9.79. The van der Waals surface area contributed by atoms with Gasteiger partial charge in [-0.25, -0.2) is 4.79 Å². The van der Waals surface area contributed by atoms with Gasteiger partial charge < -0.3 is 25.2 Å². The third-order valence-electron chi connectivity index (χ3n) is 4.98. The summed E-state index contributed by atoms with van der Waals surface area (Å²) in [7, 11) is 1.18. The fourth-order valence-electron chi connectivity index (χ4n) is 3.47. The number of para-hydroxylation sites is 1. The first-order chi connectivity index (χ1) is 15.4. The highest BCUT2D eigenvalue weighted by Crippen LogP contribution is 2.29. The number of aliphatic carboxylic acids is 1. The molecule has 1 aliphatic rings. The Morgan fingerprint density at radius 3 is 2.44 bits per heavy atom. The van der Waals surface area contributed by atoms with Gasteiger partial charge in [-0.05, 0) is 11.6 Å². The third-order valence-corrected chi connectivity index (χ3v) is 4.98. The Bertz CT molecular complexity index is 1090. The van der Waals surface area contributed by atoms with E-state index in [0.29, 0.717) is 5.56 Å². The summed E-state index contributed by atoms with van der Waals surface area (Å²) in [5.41, 5.74) is 0.827. The summed E-state index contributed by atoms with van der Waals surface area (Å²) in [4.78, 5) is 51.1. The van der Waals surface area contributed by atoms with Gasteiger partial charge in [0, 0.05) is 17.7 Å². The van der Waals surface area contributed by atoms with Crippen LogP contribution in [0.5, 0.6) is 0 Å². The molecule has 1 amide bonds. The van der Waals surface area contributed by atoms with E-state index in [2.05, 4.69) is 5.32 Å². The number of esters is 1. The number of anilines is 1. The number of ether oxygens (including phenoxy) is 1. The molecule has 9 heteroatoms. The quantitative estimate of drug-likeness (QED) is 0.393. The van der Waals surface area contributed by atoms with Crippen LogP contribution in [0.3, 0.4) is 0 Å². The molecule has 0 aromatic heterocycles. The van der Waals surface area contributed by atoms with Crippen molar-refractivity contribution in [2.45, 2.75) is 6.42 Å². The molecule has 166 valence electrons. The van der Waals surface area contributed by atoms with Crippen molar-refractivity contribution in [1.82, 2.24) is 4.90 Å². The highest BCUT2D eigenvalue weighted by molar-refractivity contribution is 6.15. The van der Waals surface area contributed by atoms with E-state index in [1.54, 1.807) is 36.4 Å². The van der Waals surface area contributed by atoms with E-state index in [-0.39, 0.29) is 53.6 Å². The summed E-state index contributed by atoms with van der Waals surface area (Å²) in [6, 6.07) is 13.0. The lowest BCUT2D eigenvalue weighted by Crippen LogP contribution is -2.31. The van der Waals surface area contributed by atoms with E-state index in [4.69, 9.17) is 4.74 Å². The number of methoxy groups -OCH3 is 1. The normalized spacial score (nSPS) is 13.3. The van der Waals surface area contributed by atoms with Gasteiger partial charge in [-0.2, -0.15) is 0 Å². The van der Waals surface area contributed by atoms with E-state index in [9.17, 15) is 29.4 Å². The predicted octanol–water partition coefficient (Wildman–Crippen LogP) is 1.22. The number of aliphatic hydroxyl groups is 1. The van der Waals surface area contributed by atoms with Crippen LogP contribution in [0.4, 0.5) is 5.69 Å². The first-order valence-corrected chi connectivity index (χ1v) is 9.79. The van der Waals surface area contributed by atoms with Crippen molar-refractivity contribution in [1.29, 1.82) is 0 Å². The zero-order valence-corrected chi connectivity index (χ0v) is 17.3. The minimum atomic E-state index is -1.13. The monoisotopic (exact) mass is 438 g/mol. The highest BCUT2D eigenvalue weighted by atomic mass is 16.5. The molecule has 0 saturated heterocycles. The number of carbonyl (C=O) groups excluding carboxylic acids is 3. The van der Waals surface area contributed by atoms with Crippen LogP contribution < -0.4 is 5.32 Å². The lowest BCUT2D eigenvalue weighted by molar-refractivity contribution is -0.137. The average Bonchev–Trinajstić information content (AvgIpc) is 3.09. The van der Waals surface area contributed by atoms with Gasteiger partial charge in [0.05, 0.1) is 37.9 Å². The predicted molar refractivity (Wildman–Crippen MR) is 114 cm³/mol. The molecule has 0 radical (unpaired) electrons. The van der Waals surface area contributed by atoms with Crippen LogP contribution in [0.1, 0.15) is 21.5 Å². The second-order valence-electron chi connectivity index (χ2n) is 7.03. The number of aliphatic hydroxyl groups excluding tert-OH is 1. The molecule has 0 bridgehead atoms. The molecule has 0 saturated carbocycles. The minimum Gasteiger partial charge on any atom is -0.481 e. The summed E-state index contributed by atoms with van der Waals surface area (Å²) in [5, 5.41) is 21.4. The number of ketones is 1. The van der Waals surface area contributed by atoms with E-state index >= 15 is 0 Å². The van der Waals surface area contributed by atoms with E-state index in [0.717, 1.165) is 0 Å². The Kier molecular flexibility index (Phi) is 7.01. The maximum Gasteiger partial charge on any atom is 0.337 e. The molecule has 3 N–H and O–H groups in total. The Morgan fingerprint density at radius 2 is 1.81 bits per heavy atom. The van der Waals surface area contributed by atoms with Gasteiger partial charge in [0.1, 0.15) is 5.70 Å². The summed E-state index contributed by atoms with van der Waals surface area (Å²) in [5.74, 6) is -2.81. The van der Waals surface area contributed by atoms with Gasteiger partial charge in [0.2, 0.25) is 0 Å². The molecule has 0 atom stereocenters. The molecule has 0 aliphatic carbocycles. The summed E-state index contributed by atoms with van der Waals surface area (Å²) in [6.45, 7) is -0.393. The van der Waals surface area contributed by atoms with Gasteiger partial charge in [-0.1, -0.05) is 42.5 Å². The summed E-state index contributed by atoms with van der Waals surface area (Å²) >= 11 is 0. The molecule has 1 heterocycles. The molecular formula is C23H22N2O7. The SMILES string of the molecule is COC(=O)C1=C(Nc2c(CC(=O)O)cccc2C(=O)c2ccccc2)C(=O)N(CCO)C1. The summed E-state index contributed by atoms with van der Waals surface area (Å²) in [6.07, 6.45) is -0.409. The number of hydrogen-bond acceptors (Lipinski definition) is 7. The number of hydrogen-bond donors (Lipinski definition) is 3. The van der Waals surface area contributed by atoms with Crippen LogP contribution in [0.2, 0.25) is 0 Å². The number of nitrogens with zero attached hydrogens (tertiary/aromatic N) is 1. The fraction of sp³-hybridized carbons (Fsp3) is 0.217. The van der Waals surface area contributed by atoms with Gasteiger partial charge in [0.15, 0.2) is 5.78 Å². The molecule has 3 rings (SSSR count). The standard InChI is InChI=1S/C23H22N2O7/c1-32-23(31)17-13-25(10-11-26)22(30)20(17)24-19-15(12-18(27)28)8-5-9-16(19)21(29)14-6-3-2-4-7-14/h2-9,24,26H,10-13H2,1H3,(H,27,28). The number of nitrogens with one attached hydrogen (secondary N) is 1. The number of amides is 1. The number of rotatable bonds is 9. The van der Waals surface area contributed by atoms with Crippen molar-refractivity contribution >= 4 is 29.3 Å². The van der Waals surface area contributed by atoms with E-state index < -0.39 is 24.3 Å². The second-order valence-corrected chi connectivity index (χ2v) is 7.03. The largest absolute Gasteiger partial charge is 0.481 e. The van der Waals surface area contributed by atoms with Crippen molar-refractivity contribution in [2.75, 3.05) is 32.1 Å². The molecule has 0 spiro atoms. The van der Waals surface area contributed by atoms with Gasteiger partial charge in [-0.3, -0.25) is 14.4 Å². The van der Waals surface area contributed by atoms with Crippen LogP contribution in [0.15, 0.2) is 59.8 Å². The highest BCUT2D eigenvalue weighted by Gasteiger charge is 2.35. The third kappa shape index (κ3) is 4.68. The number of carboxylic acids is 1. The number of β-amino-alcohol motifs (C(OH)–C–C–N with tert-alkyl or cyclic N) is 1. The molecule has 0 fully saturated rings. The zero-order valence-electron chi connectivity index (χ0n) is 17.3. The number of benzene rings is 2. The van der Waals surface area contributed by atoms with Crippen LogP contribution >= 0.6 is 0 Å². The Balaban J connectivity index is 2.12. The van der Waals surface area contributed by atoms with Crippen LogP contribution in [-0.4, -0.2) is 65.5 Å². The molecular weight excluding hydrogens is 416 g/mol. The molecule has 0 unspecified atom stereocenters. The van der Waals surface area contributed by atoms with Crippen LogP contribution in [0, 0.1) is 0 Å². The van der Waals surface area contributed by atoms with Gasteiger partial charge >= 0.3 is 11.9 Å². The maximum absolute atomic E-state index is 13.2. The van der Waals surface area contributed by atoms with Crippen LogP contribution in [0.25, 0.3) is 0 Å².